The van der Waals surface area contributed by atoms with E-state index in [2.05, 4.69) is 36.3 Å². The Morgan fingerprint density at radius 3 is 2.80 bits per heavy atom. The molecule has 0 saturated carbocycles. The maximum Gasteiger partial charge on any atom is 0.240 e. The van der Waals surface area contributed by atoms with E-state index in [1.54, 1.807) is 0 Å². The van der Waals surface area contributed by atoms with Crippen LogP contribution in [0.4, 0.5) is 5.69 Å². The molecule has 2 heterocycles. The number of halogens is 2. The van der Waals surface area contributed by atoms with E-state index in [0.29, 0.717) is 18.3 Å². The Morgan fingerprint density at radius 2 is 2.16 bits per heavy atom. The number of likely N-dealkylation sites (tertiary alicyclic amines) is 1. The fraction of sp³-hybridized carbons (Fsp3) is 0.438. The summed E-state index contributed by atoms with van der Waals surface area (Å²) in [5.74, 6) is 1.21. The molecule has 25 heavy (non-hydrogen) atoms. The predicted octanol–water partition coefficient (Wildman–Crippen LogP) is 2.56. The number of nitrogens with one attached hydrogen (secondary N) is 1. The molecule has 7 nitrogen and oxygen atoms in total. The number of nitrogens with zero attached hydrogens (tertiary/aromatic N) is 3. The van der Waals surface area contributed by atoms with Crippen molar-refractivity contribution in [3.8, 4) is 0 Å². The van der Waals surface area contributed by atoms with E-state index in [4.69, 9.17) is 10.3 Å². The minimum absolute atomic E-state index is 0. The Morgan fingerprint density at radius 1 is 1.40 bits per heavy atom. The number of anilines is 1. The molecular formula is C16H21BrClN5O2. The van der Waals surface area contributed by atoms with Gasteiger partial charge in [0.25, 0.3) is 0 Å². The largest absolute Gasteiger partial charge is 0.338 e. The van der Waals surface area contributed by atoms with Crippen LogP contribution in [0.3, 0.4) is 0 Å². The SMILES string of the molecule is Cl.NCc1nc(CN2CCC(C(=O)Nc3cccc(Br)c3)CC2)no1. The van der Waals surface area contributed by atoms with Crippen molar-refractivity contribution < 1.29 is 9.32 Å². The molecule has 1 aromatic heterocycles. The molecule has 1 saturated heterocycles. The van der Waals surface area contributed by atoms with E-state index in [1.807, 2.05) is 24.3 Å². The number of rotatable bonds is 5. The topological polar surface area (TPSA) is 97.3 Å². The van der Waals surface area contributed by atoms with Gasteiger partial charge < -0.3 is 15.6 Å². The Kier molecular flexibility index (Phi) is 7.37. The van der Waals surface area contributed by atoms with Gasteiger partial charge >= 0.3 is 0 Å². The Balaban J connectivity index is 0.00000225. The maximum atomic E-state index is 12.4. The number of hydrogen-bond donors (Lipinski definition) is 2. The summed E-state index contributed by atoms with van der Waals surface area (Å²) >= 11 is 3.41. The van der Waals surface area contributed by atoms with Crippen molar-refractivity contribution in [3.05, 3.63) is 40.5 Å². The van der Waals surface area contributed by atoms with Crippen LogP contribution in [0.2, 0.25) is 0 Å². The van der Waals surface area contributed by atoms with Crippen molar-refractivity contribution in [1.29, 1.82) is 0 Å². The number of aromatic nitrogens is 2. The van der Waals surface area contributed by atoms with Gasteiger partial charge in [-0.2, -0.15) is 4.98 Å². The third kappa shape index (κ3) is 5.50. The highest BCUT2D eigenvalue weighted by atomic mass is 79.9. The first-order valence-corrected chi connectivity index (χ1v) is 8.73. The molecular weight excluding hydrogens is 410 g/mol. The molecule has 136 valence electrons. The minimum Gasteiger partial charge on any atom is -0.338 e. The van der Waals surface area contributed by atoms with Crippen molar-refractivity contribution in [2.45, 2.75) is 25.9 Å². The Bertz CT molecular complexity index is 703. The van der Waals surface area contributed by atoms with Crippen LogP contribution in [-0.2, 0) is 17.9 Å². The first-order chi connectivity index (χ1) is 11.6. The second kappa shape index (κ2) is 9.28. The molecule has 3 N–H and O–H groups in total. The molecule has 1 fully saturated rings. The monoisotopic (exact) mass is 429 g/mol. The van der Waals surface area contributed by atoms with E-state index >= 15 is 0 Å². The fourth-order valence-electron chi connectivity index (χ4n) is 2.80. The van der Waals surface area contributed by atoms with Crippen molar-refractivity contribution in [2.24, 2.45) is 11.7 Å². The van der Waals surface area contributed by atoms with Gasteiger partial charge in [0.05, 0.1) is 13.1 Å². The molecule has 3 rings (SSSR count). The van der Waals surface area contributed by atoms with Crippen LogP contribution in [0, 0.1) is 5.92 Å². The predicted molar refractivity (Wildman–Crippen MR) is 100 cm³/mol. The van der Waals surface area contributed by atoms with Gasteiger partial charge in [0, 0.05) is 16.1 Å². The lowest BCUT2D eigenvalue weighted by Crippen LogP contribution is -2.38. The lowest BCUT2D eigenvalue weighted by Gasteiger charge is -2.30. The molecule has 9 heteroatoms. The molecule has 1 aliphatic rings. The first kappa shape index (κ1) is 19.8. The number of benzene rings is 1. The summed E-state index contributed by atoms with van der Waals surface area (Å²) in [5.41, 5.74) is 6.28. The van der Waals surface area contributed by atoms with E-state index in [-0.39, 0.29) is 30.8 Å². The van der Waals surface area contributed by atoms with Gasteiger partial charge in [0.1, 0.15) is 0 Å². The molecule has 2 aromatic rings. The standard InChI is InChI=1S/C16H20BrN5O2.ClH/c17-12-2-1-3-13(8-12)19-16(23)11-4-6-22(7-5-11)10-14-20-15(9-18)24-21-14;/h1-3,8,11H,4-7,9-10,18H2,(H,19,23);1H. The Hall–Kier alpha value is -1.48. The van der Waals surface area contributed by atoms with Gasteiger partial charge in [-0.05, 0) is 44.1 Å². The highest BCUT2D eigenvalue weighted by Crippen LogP contribution is 2.22. The van der Waals surface area contributed by atoms with Crippen LogP contribution >= 0.6 is 28.3 Å². The van der Waals surface area contributed by atoms with Gasteiger partial charge in [-0.15, -0.1) is 12.4 Å². The number of amides is 1. The number of carbonyl (C=O) groups excluding carboxylic acids is 1. The highest BCUT2D eigenvalue weighted by Gasteiger charge is 2.25. The lowest BCUT2D eigenvalue weighted by atomic mass is 9.96. The Labute approximate surface area is 160 Å². The summed E-state index contributed by atoms with van der Waals surface area (Å²) in [4.78, 5) is 18.8. The summed E-state index contributed by atoms with van der Waals surface area (Å²) in [5, 5.41) is 6.89. The van der Waals surface area contributed by atoms with Crippen LogP contribution in [0.15, 0.2) is 33.3 Å². The lowest BCUT2D eigenvalue weighted by molar-refractivity contribution is -0.121. The van der Waals surface area contributed by atoms with Crippen molar-refractivity contribution in [1.82, 2.24) is 15.0 Å². The average molecular weight is 431 g/mol. The van der Waals surface area contributed by atoms with Crippen molar-refractivity contribution >= 4 is 39.9 Å². The molecule has 0 aliphatic carbocycles. The van der Waals surface area contributed by atoms with Gasteiger partial charge in [-0.25, -0.2) is 0 Å². The second-order valence-electron chi connectivity index (χ2n) is 5.86. The molecule has 0 radical (unpaired) electrons. The zero-order chi connectivity index (χ0) is 16.9. The zero-order valence-corrected chi connectivity index (χ0v) is 16.1. The first-order valence-electron chi connectivity index (χ1n) is 7.94. The van der Waals surface area contributed by atoms with Gasteiger partial charge in [0.15, 0.2) is 5.82 Å². The average Bonchev–Trinajstić information content (AvgIpc) is 3.03. The van der Waals surface area contributed by atoms with Gasteiger partial charge in [0.2, 0.25) is 11.8 Å². The third-order valence-corrected chi connectivity index (χ3v) is 4.59. The molecule has 1 amide bonds. The summed E-state index contributed by atoms with van der Waals surface area (Å²) in [7, 11) is 0. The van der Waals surface area contributed by atoms with E-state index in [1.165, 1.54) is 0 Å². The summed E-state index contributed by atoms with van der Waals surface area (Å²) in [6, 6.07) is 7.63. The smallest absolute Gasteiger partial charge is 0.240 e. The molecule has 1 aromatic carbocycles. The van der Waals surface area contributed by atoms with E-state index in [9.17, 15) is 4.79 Å². The second-order valence-corrected chi connectivity index (χ2v) is 6.77. The molecule has 0 atom stereocenters. The van der Waals surface area contributed by atoms with E-state index in [0.717, 1.165) is 36.1 Å². The molecule has 0 spiro atoms. The number of nitrogens with two attached hydrogens (primary N) is 1. The van der Waals surface area contributed by atoms with Crippen LogP contribution in [0.1, 0.15) is 24.6 Å². The number of hydrogen-bond acceptors (Lipinski definition) is 6. The zero-order valence-electron chi connectivity index (χ0n) is 13.7. The molecule has 1 aliphatic heterocycles. The third-order valence-electron chi connectivity index (χ3n) is 4.10. The molecule has 0 bridgehead atoms. The highest BCUT2D eigenvalue weighted by molar-refractivity contribution is 9.10. The van der Waals surface area contributed by atoms with Crippen LogP contribution in [-0.4, -0.2) is 34.0 Å². The van der Waals surface area contributed by atoms with Crippen LogP contribution < -0.4 is 11.1 Å². The van der Waals surface area contributed by atoms with Crippen molar-refractivity contribution in [3.63, 3.8) is 0 Å². The molecule has 0 unspecified atom stereocenters. The summed E-state index contributed by atoms with van der Waals surface area (Å²) < 4.78 is 5.96. The van der Waals surface area contributed by atoms with Gasteiger partial charge in [-0.1, -0.05) is 27.2 Å². The van der Waals surface area contributed by atoms with Gasteiger partial charge in [-0.3, -0.25) is 9.69 Å². The number of carbonyl (C=O) groups is 1. The summed E-state index contributed by atoms with van der Waals surface area (Å²) in [6.07, 6.45) is 1.64. The minimum atomic E-state index is 0. The summed E-state index contributed by atoms with van der Waals surface area (Å²) in [6.45, 7) is 2.56. The normalized spacial score (nSPS) is 15.6. The number of piperidine rings is 1. The van der Waals surface area contributed by atoms with E-state index < -0.39 is 0 Å². The van der Waals surface area contributed by atoms with Crippen molar-refractivity contribution in [2.75, 3.05) is 18.4 Å². The maximum absolute atomic E-state index is 12.4. The van der Waals surface area contributed by atoms with Crippen LogP contribution in [0.25, 0.3) is 0 Å². The fourth-order valence-corrected chi connectivity index (χ4v) is 3.20. The van der Waals surface area contributed by atoms with Crippen LogP contribution in [0.5, 0.6) is 0 Å². The quantitative estimate of drug-likeness (QED) is 0.756.